The smallest absolute Gasteiger partial charge is 0.213 e. The Morgan fingerprint density at radius 1 is 0.875 bits per heavy atom. The SMILES string of the molecule is COc1ccc2c(c1)c1c(c[n+]2C)sc2ccc3ccccc3c21. The van der Waals surface area contributed by atoms with Gasteiger partial charge in [-0.1, -0.05) is 30.3 Å². The summed E-state index contributed by atoms with van der Waals surface area (Å²) in [5, 5.41) is 6.54. The van der Waals surface area contributed by atoms with Crippen LogP contribution in [0.25, 0.3) is 41.8 Å². The van der Waals surface area contributed by atoms with Crippen molar-refractivity contribution in [1.82, 2.24) is 0 Å². The fourth-order valence-electron chi connectivity index (χ4n) is 3.64. The minimum absolute atomic E-state index is 0.898. The second-order valence-corrected chi connectivity index (χ2v) is 7.21. The first-order valence-corrected chi connectivity index (χ1v) is 8.78. The van der Waals surface area contributed by atoms with Gasteiger partial charge in [-0.25, -0.2) is 0 Å². The zero-order chi connectivity index (χ0) is 16.3. The zero-order valence-electron chi connectivity index (χ0n) is 13.5. The third-order valence-corrected chi connectivity index (χ3v) is 5.86. The van der Waals surface area contributed by atoms with Crippen LogP contribution in [0.4, 0.5) is 0 Å². The van der Waals surface area contributed by atoms with Crippen molar-refractivity contribution < 1.29 is 9.30 Å². The summed E-state index contributed by atoms with van der Waals surface area (Å²) in [5.41, 5.74) is 1.22. The van der Waals surface area contributed by atoms with Crippen LogP contribution in [0, 0.1) is 0 Å². The van der Waals surface area contributed by atoms with E-state index in [2.05, 4.69) is 66.3 Å². The summed E-state index contributed by atoms with van der Waals surface area (Å²) >= 11 is 1.86. The summed E-state index contributed by atoms with van der Waals surface area (Å²) in [6.45, 7) is 0. The van der Waals surface area contributed by atoms with Crippen molar-refractivity contribution in [1.29, 1.82) is 0 Å². The van der Waals surface area contributed by atoms with Crippen molar-refractivity contribution in [2.24, 2.45) is 7.05 Å². The molecule has 3 aromatic carbocycles. The summed E-state index contributed by atoms with van der Waals surface area (Å²) in [5.74, 6) is 0.898. The maximum atomic E-state index is 5.48. The molecule has 2 heterocycles. The van der Waals surface area contributed by atoms with Crippen LogP contribution >= 0.6 is 11.3 Å². The molecular weight excluding hydrogens is 314 g/mol. The van der Waals surface area contributed by atoms with Gasteiger partial charge in [0.2, 0.25) is 5.52 Å². The lowest BCUT2D eigenvalue weighted by Crippen LogP contribution is -2.27. The van der Waals surface area contributed by atoms with Crippen LogP contribution in [0.15, 0.2) is 60.8 Å². The van der Waals surface area contributed by atoms with Gasteiger partial charge in [-0.15, -0.1) is 11.3 Å². The van der Waals surface area contributed by atoms with E-state index in [0.29, 0.717) is 0 Å². The summed E-state index contributed by atoms with van der Waals surface area (Å²) in [4.78, 5) is 0. The molecule has 0 aliphatic rings. The Bertz CT molecular complexity index is 1250. The van der Waals surface area contributed by atoms with E-state index in [0.717, 1.165) is 5.75 Å². The highest BCUT2D eigenvalue weighted by atomic mass is 32.1. The Balaban J connectivity index is 2.12. The van der Waals surface area contributed by atoms with E-state index in [1.807, 2.05) is 17.4 Å². The van der Waals surface area contributed by atoms with Crippen molar-refractivity contribution in [3.8, 4) is 5.75 Å². The molecule has 0 saturated heterocycles. The molecule has 116 valence electrons. The first-order valence-electron chi connectivity index (χ1n) is 7.96. The number of nitrogens with zero attached hydrogens (tertiary/aromatic N) is 1. The quantitative estimate of drug-likeness (QED) is 0.385. The van der Waals surface area contributed by atoms with Crippen LogP contribution in [-0.2, 0) is 7.05 Å². The van der Waals surface area contributed by atoms with Gasteiger partial charge in [-0.3, -0.25) is 0 Å². The number of pyridine rings is 1. The van der Waals surface area contributed by atoms with Crippen LogP contribution in [0.1, 0.15) is 0 Å². The number of ether oxygens (including phenoxy) is 1. The molecule has 3 heteroatoms. The lowest BCUT2D eigenvalue weighted by molar-refractivity contribution is -0.643. The van der Waals surface area contributed by atoms with Gasteiger partial charge in [0.05, 0.1) is 12.5 Å². The van der Waals surface area contributed by atoms with E-state index in [9.17, 15) is 0 Å². The fraction of sp³-hybridized carbons (Fsp3) is 0.0952. The van der Waals surface area contributed by atoms with E-state index < -0.39 is 0 Å². The predicted molar refractivity (Wildman–Crippen MR) is 102 cm³/mol. The lowest BCUT2D eigenvalue weighted by Gasteiger charge is -2.04. The number of aryl methyl sites for hydroxylation is 1. The van der Waals surface area contributed by atoms with Crippen LogP contribution in [-0.4, -0.2) is 7.11 Å². The molecule has 5 aromatic rings. The van der Waals surface area contributed by atoms with Gasteiger partial charge in [0.15, 0.2) is 6.20 Å². The highest BCUT2D eigenvalue weighted by Gasteiger charge is 2.17. The number of thiophene rings is 1. The number of benzene rings is 3. The average molecular weight is 330 g/mol. The second-order valence-electron chi connectivity index (χ2n) is 6.12. The third-order valence-electron chi connectivity index (χ3n) is 4.77. The molecule has 24 heavy (non-hydrogen) atoms. The molecule has 0 saturated carbocycles. The van der Waals surface area contributed by atoms with Gasteiger partial charge in [0.25, 0.3) is 0 Å². The van der Waals surface area contributed by atoms with E-state index in [1.54, 1.807) is 7.11 Å². The molecule has 0 aliphatic heterocycles. The predicted octanol–water partition coefficient (Wildman–Crippen LogP) is 5.19. The summed E-state index contributed by atoms with van der Waals surface area (Å²) in [7, 11) is 3.83. The fourth-order valence-corrected chi connectivity index (χ4v) is 4.85. The lowest BCUT2D eigenvalue weighted by atomic mass is 10.0. The molecule has 0 atom stereocenters. The van der Waals surface area contributed by atoms with Gasteiger partial charge in [0.1, 0.15) is 17.5 Å². The summed E-state index contributed by atoms with van der Waals surface area (Å²) in [6, 6.07) is 19.4. The van der Waals surface area contributed by atoms with Gasteiger partial charge < -0.3 is 4.74 Å². The summed E-state index contributed by atoms with van der Waals surface area (Å²) < 4.78 is 10.3. The van der Waals surface area contributed by atoms with E-state index >= 15 is 0 Å². The first-order chi connectivity index (χ1) is 11.8. The Morgan fingerprint density at radius 3 is 2.58 bits per heavy atom. The van der Waals surface area contributed by atoms with E-state index in [-0.39, 0.29) is 0 Å². The molecule has 0 aliphatic carbocycles. The third kappa shape index (κ3) is 1.79. The number of rotatable bonds is 1. The van der Waals surface area contributed by atoms with Crippen LogP contribution in [0.2, 0.25) is 0 Å². The molecule has 0 bridgehead atoms. The molecule has 5 rings (SSSR count). The highest BCUT2D eigenvalue weighted by Crippen LogP contribution is 2.41. The summed E-state index contributed by atoms with van der Waals surface area (Å²) in [6.07, 6.45) is 2.24. The Hall–Kier alpha value is -2.65. The number of hydrogen-bond donors (Lipinski definition) is 0. The average Bonchev–Trinajstić information content (AvgIpc) is 3.00. The normalized spacial score (nSPS) is 11.8. The minimum atomic E-state index is 0.898. The first kappa shape index (κ1) is 13.8. The molecule has 0 fully saturated rings. The molecule has 0 radical (unpaired) electrons. The van der Waals surface area contributed by atoms with Crippen LogP contribution in [0.3, 0.4) is 0 Å². The number of hydrogen-bond acceptors (Lipinski definition) is 2. The van der Waals surface area contributed by atoms with Crippen LogP contribution < -0.4 is 9.30 Å². The molecular formula is C21H16NOS+. The molecule has 2 aromatic heterocycles. The number of methoxy groups -OCH3 is 1. The zero-order valence-corrected chi connectivity index (χ0v) is 14.4. The van der Waals surface area contributed by atoms with E-state index in [1.165, 1.54) is 41.8 Å². The van der Waals surface area contributed by atoms with Crippen molar-refractivity contribution >= 4 is 53.2 Å². The maximum absolute atomic E-state index is 5.48. The maximum Gasteiger partial charge on any atom is 0.213 e. The largest absolute Gasteiger partial charge is 0.497 e. The van der Waals surface area contributed by atoms with Gasteiger partial charge in [0, 0.05) is 21.5 Å². The van der Waals surface area contributed by atoms with Gasteiger partial charge in [-0.05, 0) is 29.0 Å². The molecule has 0 N–H and O–H groups in total. The van der Waals surface area contributed by atoms with Crippen molar-refractivity contribution in [2.45, 2.75) is 0 Å². The van der Waals surface area contributed by atoms with Gasteiger partial charge in [-0.2, -0.15) is 4.57 Å². The number of aromatic nitrogens is 1. The Labute approximate surface area is 143 Å². The Kier molecular flexibility index (Phi) is 2.82. The highest BCUT2D eigenvalue weighted by molar-refractivity contribution is 7.26. The standard InChI is InChI=1S/C21H16NOS/c1-22-12-19-21(16-11-14(23-2)8-9-17(16)22)20-15-6-4-3-5-13(15)7-10-18(20)24-19/h3-12H,1-2H3/q+1. The van der Waals surface area contributed by atoms with Crippen molar-refractivity contribution in [2.75, 3.05) is 7.11 Å². The van der Waals surface area contributed by atoms with Crippen molar-refractivity contribution in [3.63, 3.8) is 0 Å². The molecule has 0 amide bonds. The van der Waals surface area contributed by atoms with Crippen LogP contribution in [0.5, 0.6) is 5.75 Å². The molecule has 0 spiro atoms. The minimum Gasteiger partial charge on any atom is -0.497 e. The molecule has 0 unspecified atom stereocenters. The molecule has 2 nitrogen and oxygen atoms in total. The van der Waals surface area contributed by atoms with Crippen molar-refractivity contribution in [3.05, 3.63) is 60.8 Å². The Morgan fingerprint density at radius 2 is 1.71 bits per heavy atom. The second kappa shape index (κ2) is 4.92. The van der Waals surface area contributed by atoms with Gasteiger partial charge >= 0.3 is 0 Å². The monoisotopic (exact) mass is 330 g/mol. The van der Waals surface area contributed by atoms with E-state index in [4.69, 9.17) is 4.74 Å². The number of fused-ring (bicyclic) bond motifs is 7. The topological polar surface area (TPSA) is 13.1 Å².